The third kappa shape index (κ3) is 5.56. The molecule has 1 N–H and O–H groups in total. The molecule has 0 amide bonds. The molecule has 0 aliphatic rings. The zero-order valence-corrected chi connectivity index (χ0v) is 10.1. The van der Waals surface area contributed by atoms with Crippen molar-refractivity contribution in [2.75, 3.05) is 0 Å². The smallest absolute Gasteiger partial charge is 0.414 e. The summed E-state index contributed by atoms with van der Waals surface area (Å²) < 4.78 is 41.3. The third-order valence-corrected chi connectivity index (χ3v) is 2.36. The van der Waals surface area contributed by atoms with Crippen LogP contribution in [0.5, 0.6) is 0 Å². The highest BCUT2D eigenvalue weighted by atomic mass is 19.4. The maximum absolute atomic E-state index is 12.2. The highest BCUT2D eigenvalue weighted by molar-refractivity contribution is 5.85. The Morgan fingerprint density at radius 2 is 1.95 bits per heavy atom. The summed E-state index contributed by atoms with van der Waals surface area (Å²) in [6.45, 7) is 0.799. The lowest BCUT2D eigenvalue weighted by Crippen LogP contribution is -2.28. The molecular formula is C13H13F3O3. The summed E-state index contributed by atoms with van der Waals surface area (Å²) in [4.78, 5) is 10.3. The number of aliphatic carboxylic acids is 1. The fourth-order valence-electron chi connectivity index (χ4n) is 1.21. The van der Waals surface area contributed by atoms with Gasteiger partial charge in [-0.3, -0.25) is 0 Å². The van der Waals surface area contributed by atoms with Gasteiger partial charge in [0.05, 0.1) is 6.61 Å². The van der Waals surface area contributed by atoms with Gasteiger partial charge in [0.15, 0.2) is 6.10 Å². The van der Waals surface area contributed by atoms with Crippen LogP contribution in [0, 0.1) is 0 Å². The zero-order valence-electron chi connectivity index (χ0n) is 10.1. The first-order valence-electron chi connectivity index (χ1n) is 5.47. The average molecular weight is 274 g/mol. The highest BCUT2D eigenvalue weighted by Gasteiger charge is 2.36. The monoisotopic (exact) mass is 274 g/mol. The molecule has 1 aromatic carbocycles. The van der Waals surface area contributed by atoms with Crippen molar-refractivity contribution in [1.29, 1.82) is 0 Å². The van der Waals surface area contributed by atoms with E-state index in [-0.39, 0.29) is 6.61 Å². The molecule has 0 heterocycles. The Labute approximate surface area is 108 Å². The second kappa shape index (κ2) is 6.38. The van der Waals surface area contributed by atoms with E-state index in [0.29, 0.717) is 11.1 Å². The van der Waals surface area contributed by atoms with Crippen molar-refractivity contribution in [3.8, 4) is 0 Å². The molecule has 0 spiro atoms. The van der Waals surface area contributed by atoms with Crippen molar-refractivity contribution in [2.24, 2.45) is 0 Å². The lowest BCUT2D eigenvalue weighted by Gasteiger charge is -2.16. The van der Waals surface area contributed by atoms with E-state index < -0.39 is 18.2 Å². The summed E-state index contributed by atoms with van der Waals surface area (Å²) in [6, 6.07) is 6.39. The van der Waals surface area contributed by atoms with Gasteiger partial charge >= 0.3 is 12.1 Å². The van der Waals surface area contributed by atoms with Crippen LogP contribution in [0.25, 0.3) is 6.08 Å². The Bertz CT molecular complexity index is 449. The molecule has 6 heteroatoms. The zero-order chi connectivity index (χ0) is 14.5. The van der Waals surface area contributed by atoms with Crippen molar-refractivity contribution in [3.63, 3.8) is 0 Å². The summed E-state index contributed by atoms with van der Waals surface area (Å²) in [5, 5.41) is 8.44. The Hall–Kier alpha value is -1.82. The summed E-state index contributed by atoms with van der Waals surface area (Å²) in [5.41, 5.74) is 1.23. The maximum Gasteiger partial charge on any atom is 0.414 e. The Morgan fingerprint density at radius 1 is 1.37 bits per heavy atom. The number of ether oxygens (including phenoxy) is 1. The minimum absolute atomic E-state index is 0.149. The fourth-order valence-corrected chi connectivity index (χ4v) is 1.21. The summed E-state index contributed by atoms with van der Waals surface area (Å²) in [6.07, 6.45) is -3.81. The Balaban J connectivity index is 2.56. The molecular weight excluding hydrogens is 261 g/mol. The molecule has 0 radical (unpaired) electrons. The van der Waals surface area contributed by atoms with E-state index in [1.807, 2.05) is 0 Å². The normalized spacial score (nSPS) is 13.7. The van der Waals surface area contributed by atoms with Crippen LogP contribution in [0.1, 0.15) is 18.1 Å². The first kappa shape index (κ1) is 15.2. The standard InChI is InChI=1S/C13H13F3O3/c1-9(13(14,15)16)19-8-11-4-2-10(3-5-11)6-7-12(17)18/h2-7,9H,8H2,1H3,(H,17,18). The maximum atomic E-state index is 12.2. The molecule has 0 aliphatic heterocycles. The number of carboxylic acid groups (broad SMARTS) is 1. The van der Waals surface area contributed by atoms with E-state index in [9.17, 15) is 18.0 Å². The summed E-state index contributed by atoms with van der Waals surface area (Å²) in [5.74, 6) is -1.06. The fraction of sp³-hybridized carbons (Fsp3) is 0.308. The number of rotatable bonds is 5. The Morgan fingerprint density at radius 3 is 2.42 bits per heavy atom. The lowest BCUT2D eigenvalue weighted by molar-refractivity contribution is -0.217. The number of halogens is 3. The van der Waals surface area contributed by atoms with E-state index in [0.717, 1.165) is 13.0 Å². The molecule has 0 saturated heterocycles. The number of carbonyl (C=O) groups is 1. The quantitative estimate of drug-likeness (QED) is 0.838. The average Bonchev–Trinajstić information content (AvgIpc) is 2.33. The van der Waals surface area contributed by atoms with Gasteiger partial charge in [-0.15, -0.1) is 0 Å². The highest BCUT2D eigenvalue weighted by Crippen LogP contribution is 2.23. The third-order valence-electron chi connectivity index (χ3n) is 2.36. The second-order valence-electron chi connectivity index (χ2n) is 3.91. The van der Waals surface area contributed by atoms with Crippen LogP contribution in [0.15, 0.2) is 30.3 Å². The largest absolute Gasteiger partial charge is 0.478 e. The molecule has 0 saturated carbocycles. The minimum atomic E-state index is -4.37. The molecule has 1 aromatic rings. The number of hydrogen-bond acceptors (Lipinski definition) is 2. The molecule has 19 heavy (non-hydrogen) atoms. The Kier molecular flexibility index (Phi) is 5.11. The van der Waals surface area contributed by atoms with Crippen molar-refractivity contribution >= 4 is 12.0 Å². The molecule has 1 unspecified atom stereocenters. The molecule has 0 aliphatic carbocycles. The van der Waals surface area contributed by atoms with Crippen LogP contribution in [0.3, 0.4) is 0 Å². The van der Waals surface area contributed by atoms with Crippen molar-refractivity contribution in [3.05, 3.63) is 41.5 Å². The van der Waals surface area contributed by atoms with E-state index in [1.54, 1.807) is 24.3 Å². The van der Waals surface area contributed by atoms with Crippen LogP contribution in [0.4, 0.5) is 13.2 Å². The minimum Gasteiger partial charge on any atom is -0.478 e. The van der Waals surface area contributed by atoms with Crippen LogP contribution in [0.2, 0.25) is 0 Å². The molecule has 0 fully saturated rings. The van der Waals surface area contributed by atoms with E-state index in [1.165, 1.54) is 6.08 Å². The van der Waals surface area contributed by atoms with Crippen molar-refractivity contribution in [1.82, 2.24) is 0 Å². The topological polar surface area (TPSA) is 46.5 Å². The van der Waals surface area contributed by atoms with Crippen molar-refractivity contribution < 1.29 is 27.8 Å². The molecule has 1 rings (SSSR count). The summed E-state index contributed by atoms with van der Waals surface area (Å²) >= 11 is 0. The SMILES string of the molecule is CC(OCc1ccc(C=CC(=O)O)cc1)C(F)(F)F. The van der Waals surface area contributed by atoms with E-state index >= 15 is 0 Å². The molecule has 0 bridgehead atoms. The van der Waals surface area contributed by atoms with Gasteiger partial charge in [-0.1, -0.05) is 24.3 Å². The van der Waals surface area contributed by atoms with Gasteiger partial charge in [0.1, 0.15) is 0 Å². The number of carboxylic acids is 1. The number of benzene rings is 1. The van der Waals surface area contributed by atoms with Gasteiger partial charge in [-0.05, 0) is 24.1 Å². The van der Waals surface area contributed by atoms with Gasteiger partial charge < -0.3 is 9.84 Å². The van der Waals surface area contributed by atoms with Crippen LogP contribution >= 0.6 is 0 Å². The lowest BCUT2D eigenvalue weighted by atomic mass is 10.1. The van der Waals surface area contributed by atoms with Gasteiger partial charge in [0, 0.05) is 6.08 Å². The van der Waals surface area contributed by atoms with Gasteiger partial charge in [-0.25, -0.2) is 4.79 Å². The van der Waals surface area contributed by atoms with Gasteiger partial charge in [0.2, 0.25) is 0 Å². The molecule has 0 aromatic heterocycles. The van der Waals surface area contributed by atoms with Crippen molar-refractivity contribution in [2.45, 2.75) is 25.8 Å². The molecule has 1 atom stereocenters. The van der Waals surface area contributed by atoms with E-state index in [2.05, 4.69) is 0 Å². The molecule has 3 nitrogen and oxygen atoms in total. The van der Waals surface area contributed by atoms with Crippen LogP contribution in [-0.4, -0.2) is 23.4 Å². The van der Waals surface area contributed by atoms with E-state index in [4.69, 9.17) is 9.84 Å². The summed E-state index contributed by atoms with van der Waals surface area (Å²) in [7, 11) is 0. The first-order chi connectivity index (χ1) is 8.79. The predicted molar refractivity (Wildman–Crippen MR) is 63.4 cm³/mol. The molecule has 104 valence electrons. The first-order valence-corrected chi connectivity index (χ1v) is 5.47. The number of alkyl halides is 3. The van der Waals surface area contributed by atoms with Crippen LogP contribution < -0.4 is 0 Å². The number of hydrogen-bond donors (Lipinski definition) is 1. The van der Waals surface area contributed by atoms with Crippen LogP contribution in [-0.2, 0) is 16.1 Å². The van der Waals surface area contributed by atoms with Gasteiger partial charge in [-0.2, -0.15) is 13.2 Å². The van der Waals surface area contributed by atoms with Gasteiger partial charge in [0.25, 0.3) is 0 Å². The second-order valence-corrected chi connectivity index (χ2v) is 3.91. The predicted octanol–water partition coefficient (Wildman–Crippen LogP) is 3.25.